The number of rotatable bonds is 5. The van der Waals surface area contributed by atoms with E-state index in [1.807, 2.05) is 4.72 Å². The zero-order valence-electron chi connectivity index (χ0n) is 12.2. The molecular weight excluding hydrogens is 421 g/mol. The molecule has 0 saturated carbocycles. The van der Waals surface area contributed by atoms with Crippen molar-refractivity contribution in [3.63, 3.8) is 0 Å². The minimum atomic E-state index is -4.19. The number of carbonyl (C=O) groups excluding carboxylic acids is 1. The Labute approximate surface area is 157 Å². The summed E-state index contributed by atoms with van der Waals surface area (Å²) in [6.07, 6.45) is 0. The van der Waals surface area contributed by atoms with Gasteiger partial charge in [0, 0.05) is 5.56 Å². The van der Waals surface area contributed by atoms with Crippen molar-refractivity contribution < 1.29 is 22.7 Å². The van der Waals surface area contributed by atoms with Crippen LogP contribution in [-0.4, -0.2) is 28.5 Å². The van der Waals surface area contributed by atoms with E-state index in [2.05, 4.69) is 0 Å². The zero-order valence-corrected chi connectivity index (χ0v) is 16.1. The molecule has 2 aromatic rings. The van der Waals surface area contributed by atoms with E-state index in [-0.39, 0.29) is 35.7 Å². The second kappa shape index (κ2) is 7.37. The topological polar surface area (TPSA) is 81.7 Å². The Morgan fingerprint density at radius 3 is 2.29 bits per heavy atom. The fourth-order valence-corrected chi connectivity index (χ4v) is 5.21. The Hall–Kier alpha value is -1.19. The first-order valence-corrected chi connectivity index (χ1v) is 9.56. The molecule has 1 amide bonds. The number of amides is 1. The second-order valence-electron chi connectivity index (χ2n) is 4.32. The lowest BCUT2D eigenvalue weighted by Crippen LogP contribution is -2.30. The van der Waals surface area contributed by atoms with Crippen LogP contribution in [-0.2, 0) is 10.0 Å². The highest BCUT2D eigenvalue weighted by molar-refractivity contribution is 7.90. The van der Waals surface area contributed by atoms with Crippen LogP contribution >= 0.6 is 46.1 Å². The summed E-state index contributed by atoms with van der Waals surface area (Å²) >= 11 is 18.4. The van der Waals surface area contributed by atoms with E-state index in [1.54, 1.807) is 0 Å². The maximum atomic E-state index is 12.3. The zero-order chi connectivity index (χ0) is 18.1. The molecule has 0 bridgehead atoms. The summed E-state index contributed by atoms with van der Waals surface area (Å²) in [4.78, 5) is 12.0. The van der Waals surface area contributed by atoms with Crippen molar-refractivity contribution in [2.75, 3.05) is 14.2 Å². The highest BCUT2D eigenvalue weighted by Gasteiger charge is 2.25. The molecule has 2 rings (SSSR count). The number of carbonyl (C=O) groups is 1. The Kier molecular flexibility index (Phi) is 5.87. The molecule has 6 nitrogen and oxygen atoms in total. The van der Waals surface area contributed by atoms with Crippen LogP contribution in [0.1, 0.15) is 10.4 Å². The van der Waals surface area contributed by atoms with Gasteiger partial charge in [-0.05, 0) is 18.2 Å². The molecule has 0 aliphatic rings. The van der Waals surface area contributed by atoms with E-state index in [1.165, 1.54) is 26.4 Å². The number of nitrogens with one attached hydrogen (secondary N) is 1. The molecule has 1 aromatic carbocycles. The van der Waals surface area contributed by atoms with E-state index in [0.29, 0.717) is 0 Å². The van der Waals surface area contributed by atoms with E-state index < -0.39 is 15.9 Å². The quantitative estimate of drug-likeness (QED) is 0.779. The third kappa shape index (κ3) is 3.89. The van der Waals surface area contributed by atoms with Crippen LogP contribution in [0.2, 0.25) is 13.7 Å². The van der Waals surface area contributed by atoms with Crippen LogP contribution < -0.4 is 14.2 Å². The van der Waals surface area contributed by atoms with Gasteiger partial charge in [0.05, 0.1) is 23.6 Å². The van der Waals surface area contributed by atoms with Crippen LogP contribution in [0.3, 0.4) is 0 Å². The molecule has 130 valence electrons. The van der Waals surface area contributed by atoms with Crippen molar-refractivity contribution in [3.05, 3.63) is 37.5 Å². The molecule has 0 radical (unpaired) electrons. The van der Waals surface area contributed by atoms with Gasteiger partial charge in [0.2, 0.25) is 0 Å². The Morgan fingerprint density at radius 2 is 1.79 bits per heavy atom. The van der Waals surface area contributed by atoms with Gasteiger partial charge >= 0.3 is 0 Å². The van der Waals surface area contributed by atoms with Crippen molar-refractivity contribution in [1.29, 1.82) is 0 Å². The third-order valence-electron chi connectivity index (χ3n) is 2.84. The summed E-state index contributed by atoms with van der Waals surface area (Å²) in [5, 5.41) is 0.0935. The number of thiophene rings is 1. The molecule has 0 spiro atoms. The lowest BCUT2D eigenvalue weighted by atomic mass is 10.2. The summed E-state index contributed by atoms with van der Waals surface area (Å²) in [5.41, 5.74) is -0.0290. The fourth-order valence-electron chi connectivity index (χ4n) is 1.79. The van der Waals surface area contributed by atoms with Gasteiger partial charge in [0.25, 0.3) is 15.9 Å². The van der Waals surface area contributed by atoms with Crippen molar-refractivity contribution in [2.45, 2.75) is 4.90 Å². The number of ether oxygens (including phenoxy) is 2. The molecule has 0 aliphatic heterocycles. The smallest absolute Gasteiger partial charge is 0.266 e. The average Bonchev–Trinajstić information content (AvgIpc) is 2.85. The van der Waals surface area contributed by atoms with Gasteiger partial charge in [0.15, 0.2) is 11.5 Å². The lowest BCUT2D eigenvalue weighted by Gasteiger charge is -2.12. The van der Waals surface area contributed by atoms with Gasteiger partial charge in [-0.25, -0.2) is 13.1 Å². The minimum absolute atomic E-state index is 0.0290. The van der Waals surface area contributed by atoms with Crippen molar-refractivity contribution in [2.24, 2.45) is 0 Å². The van der Waals surface area contributed by atoms with Crippen LogP contribution in [0.25, 0.3) is 0 Å². The summed E-state index contributed by atoms with van der Waals surface area (Å²) in [7, 11) is -1.44. The molecule has 0 fully saturated rings. The third-order valence-corrected chi connectivity index (χ3v) is 6.20. The van der Waals surface area contributed by atoms with Gasteiger partial charge < -0.3 is 9.47 Å². The van der Waals surface area contributed by atoms with Crippen molar-refractivity contribution in [1.82, 2.24) is 4.72 Å². The predicted octanol–water partition coefficient (Wildman–Crippen LogP) is 3.84. The largest absolute Gasteiger partial charge is 0.493 e. The molecule has 1 aromatic heterocycles. The summed E-state index contributed by atoms with van der Waals surface area (Å²) < 4.78 is 36.7. The molecule has 0 aliphatic carbocycles. The maximum absolute atomic E-state index is 12.3. The Bertz CT molecular complexity index is 895. The van der Waals surface area contributed by atoms with E-state index in [9.17, 15) is 13.2 Å². The minimum Gasteiger partial charge on any atom is -0.493 e. The Morgan fingerprint density at radius 1 is 1.12 bits per heavy atom. The number of hydrogen-bond donors (Lipinski definition) is 1. The van der Waals surface area contributed by atoms with Crippen LogP contribution in [0.5, 0.6) is 11.5 Å². The van der Waals surface area contributed by atoms with E-state index in [4.69, 9.17) is 44.3 Å². The predicted molar refractivity (Wildman–Crippen MR) is 93.5 cm³/mol. The second-order valence-corrected chi connectivity index (χ2v) is 8.66. The lowest BCUT2D eigenvalue weighted by molar-refractivity contribution is 0.0981. The molecule has 0 saturated heterocycles. The molecule has 0 atom stereocenters. The molecule has 11 heteroatoms. The molecule has 1 N–H and O–H groups in total. The SMILES string of the molecule is COc1cc(C(=O)NS(=O)(=O)c2cc(Cl)sc2Cl)cc(Cl)c1OC. The van der Waals surface area contributed by atoms with Gasteiger partial charge in [-0.2, -0.15) is 0 Å². The number of methoxy groups -OCH3 is 2. The molecule has 0 unspecified atom stereocenters. The monoisotopic (exact) mass is 429 g/mol. The fraction of sp³-hybridized carbons (Fsp3) is 0.154. The normalized spacial score (nSPS) is 11.2. The standard InChI is InChI=1S/C13H10Cl3NO5S2/c1-21-8-4-6(3-7(14)11(8)22-2)13(18)17-24(19,20)9-5-10(15)23-12(9)16/h3-5H,1-2H3,(H,17,18). The first-order valence-electron chi connectivity index (χ1n) is 6.13. The average molecular weight is 431 g/mol. The summed E-state index contributed by atoms with van der Waals surface area (Å²) in [6, 6.07) is 3.72. The first kappa shape index (κ1) is 19.1. The number of hydrogen-bond acceptors (Lipinski definition) is 6. The number of halogens is 3. The van der Waals surface area contributed by atoms with Crippen molar-refractivity contribution >= 4 is 62.1 Å². The molecule has 24 heavy (non-hydrogen) atoms. The Balaban J connectivity index is 2.36. The van der Waals surface area contributed by atoms with E-state index >= 15 is 0 Å². The summed E-state index contributed by atoms with van der Waals surface area (Å²) in [5.74, 6) is -0.494. The van der Waals surface area contributed by atoms with Crippen molar-refractivity contribution in [3.8, 4) is 11.5 Å². The number of sulfonamides is 1. The highest BCUT2D eigenvalue weighted by atomic mass is 35.5. The first-order chi connectivity index (χ1) is 11.2. The van der Waals surface area contributed by atoms with Crippen LogP contribution in [0.4, 0.5) is 0 Å². The van der Waals surface area contributed by atoms with Gasteiger partial charge in [-0.1, -0.05) is 34.8 Å². The summed E-state index contributed by atoms with van der Waals surface area (Å²) in [6.45, 7) is 0. The van der Waals surface area contributed by atoms with E-state index in [0.717, 1.165) is 17.4 Å². The van der Waals surface area contributed by atoms with Crippen LogP contribution in [0.15, 0.2) is 23.1 Å². The highest BCUT2D eigenvalue weighted by Crippen LogP contribution is 2.37. The molecule has 1 heterocycles. The van der Waals surface area contributed by atoms with Gasteiger partial charge in [-0.15, -0.1) is 11.3 Å². The maximum Gasteiger partial charge on any atom is 0.266 e. The van der Waals surface area contributed by atoms with Gasteiger partial charge in [0.1, 0.15) is 9.23 Å². The van der Waals surface area contributed by atoms with Gasteiger partial charge in [-0.3, -0.25) is 4.79 Å². The molecular formula is C13H10Cl3NO5S2. The van der Waals surface area contributed by atoms with Crippen LogP contribution in [0, 0.1) is 0 Å². The number of benzene rings is 1.